The van der Waals surface area contributed by atoms with Crippen molar-refractivity contribution in [3.05, 3.63) is 0 Å². The third-order valence-electron chi connectivity index (χ3n) is 5.11. The van der Waals surface area contributed by atoms with Gasteiger partial charge in [-0.3, -0.25) is 0 Å². The zero-order chi connectivity index (χ0) is 18.6. The van der Waals surface area contributed by atoms with Crippen molar-refractivity contribution < 1.29 is 5.11 Å². The fraction of sp³-hybridized carbons (Fsp3) is 1.00. The Bertz CT molecular complexity index is 216. The second-order valence-electron chi connectivity index (χ2n) is 8.52. The number of rotatable bonds is 20. The first-order valence-electron chi connectivity index (χ1n) is 11.5. The van der Waals surface area contributed by atoms with Crippen molar-refractivity contribution in [2.75, 3.05) is 13.1 Å². The van der Waals surface area contributed by atoms with E-state index in [0.29, 0.717) is 0 Å². The molecule has 0 aromatic carbocycles. The summed E-state index contributed by atoms with van der Waals surface area (Å²) in [5.74, 6) is 0.881. The van der Waals surface area contributed by atoms with Crippen LogP contribution in [0.1, 0.15) is 124 Å². The maximum absolute atomic E-state index is 9.20. The van der Waals surface area contributed by atoms with E-state index in [1.807, 2.05) is 6.92 Å². The predicted octanol–water partition coefficient (Wildman–Crippen LogP) is 6.85. The summed E-state index contributed by atoms with van der Waals surface area (Å²) in [5.41, 5.74) is 0. The Morgan fingerprint density at radius 2 is 0.880 bits per heavy atom. The lowest BCUT2D eigenvalue weighted by Gasteiger charge is -2.06. The van der Waals surface area contributed by atoms with Crippen LogP contribution in [0.4, 0.5) is 0 Å². The minimum absolute atomic E-state index is 0.110. The average Bonchev–Trinajstić information content (AvgIpc) is 2.56. The van der Waals surface area contributed by atoms with Crippen molar-refractivity contribution in [2.45, 2.75) is 130 Å². The summed E-state index contributed by atoms with van der Waals surface area (Å²) in [4.78, 5) is 0. The smallest absolute Gasteiger partial charge is 0.0512 e. The molecule has 0 bridgehead atoms. The molecule has 0 aliphatic rings. The fourth-order valence-electron chi connectivity index (χ4n) is 3.39. The Morgan fingerprint density at radius 3 is 1.28 bits per heavy atom. The second kappa shape index (κ2) is 20.2. The molecule has 0 fully saturated rings. The summed E-state index contributed by atoms with van der Waals surface area (Å²) in [6, 6.07) is 0. The van der Waals surface area contributed by atoms with Gasteiger partial charge in [0.05, 0.1) is 6.10 Å². The quantitative estimate of drug-likeness (QED) is 0.234. The summed E-state index contributed by atoms with van der Waals surface area (Å²) >= 11 is 0. The number of hydrogen-bond acceptors (Lipinski definition) is 2. The summed E-state index contributed by atoms with van der Waals surface area (Å²) in [6.45, 7) is 8.97. The summed E-state index contributed by atoms with van der Waals surface area (Å²) in [5, 5.41) is 12.8. The van der Waals surface area contributed by atoms with Crippen LogP contribution in [0.3, 0.4) is 0 Å². The Labute approximate surface area is 159 Å². The van der Waals surface area contributed by atoms with Gasteiger partial charge in [0, 0.05) is 0 Å². The van der Waals surface area contributed by atoms with Crippen LogP contribution in [0.5, 0.6) is 0 Å². The minimum atomic E-state index is -0.110. The number of aliphatic hydroxyl groups is 1. The van der Waals surface area contributed by atoms with E-state index in [-0.39, 0.29) is 6.10 Å². The molecule has 0 radical (unpaired) electrons. The Hall–Kier alpha value is -0.0800. The molecule has 0 aliphatic heterocycles. The van der Waals surface area contributed by atoms with Crippen molar-refractivity contribution in [3.8, 4) is 0 Å². The maximum atomic E-state index is 9.20. The standard InChI is InChI=1S/C23H49NO/c1-22(2)18-14-10-6-4-8-12-16-20-24-21-17-13-9-5-7-11-15-19-23(3)25/h22-25H,4-21H2,1-3H3. The lowest BCUT2D eigenvalue weighted by atomic mass is 10.0. The highest BCUT2D eigenvalue weighted by atomic mass is 16.3. The first kappa shape index (κ1) is 24.9. The van der Waals surface area contributed by atoms with E-state index in [1.54, 1.807) is 0 Å². The highest BCUT2D eigenvalue weighted by molar-refractivity contribution is 4.53. The summed E-state index contributed by atoms with van der Waals surface area (Å²) < 4.78 is 0. The fourth-order valence-corrected chi connectivity index (χ4v) is 3.39. The highest BCUT2D eigenvalue weighted by Gasteiger charge is 1.97. The topological polar surface area (TPSA) is 32.3 Å². The van der Waals surface area contributed by atoms with Gasteiger partial charge in [-0.1, -0.05) is 97.3 Å². The predicted molar refractivity (Wildman–Crippen MR) is 113 cm³/mol. The van der Waals surface area contributed by atoms with E-state index < -0.39 is 0 Å². The van der Waals surface area contributed by atoms with Crippen molar-refractivity contribution in [3.63, 3.8) is 0 Å². The van der Waals surface area contributed by atoms with Gasteiger partial charge in [0.15, 0.2) is 0 Å². The van der Waals surface area contributed by atoms with Gasteiger partial charge in [0.2, 0.25) is 0 Å². The van der Waals surface area contributed by atoms with Gasteiger partial charge < -0.3 is 10.4 Å². The molecule has 0 spiro atoms. The van der Waals surface area contributed by atoms with E-state index in [1.165, 1.54) is 109 Å². The molecule has 1 unspecified atom stereocenters. The van der Waals surface area contributed by atoms with Crippen LogP contribution in [-0.4, -0.2) is 24.3 Å². The molecular formula is C23H49NO. The molecule has 152 valence electrons. The molecule has 0 amide bonds. The molecule has 0 aliphatic carbocycles. The normalized spacial score (nSPS) is 12.8. The molecule has 25 heavy (non-hydrogen) atoms. The second-order valence-corrected chi connectivity index (χ2v) is 8.52. The zero-order valence-corrected chi connectivity index (χ0v) is 17.8. The molecule has 0 aromatic heterocycles. The lowest BCUT2D eigenvalue weighted by molar-refractivity contribution is 0.180. The summed E-state index contributed by atoms with van der Waals surface area (Å²) in [6.07, 6.45) is 21.5. The lowest BCUT2D eigenvalue weighted by Crippen LogP contribution is -2.16. The van der Waals surface area contributed by atoms with Crippen LogP contribution in [-0.2, 0) is 0 Å². The molecule has 2 N–H and O–H groups in total. The average molecular weight is 356 g/mol. The third-order valence-corrected chi connectivity index (χ3v) is 5.11. The van der Waals surface area contributed by atoms with Crippen molar-refractivity contribution in [2.24, 2.45) is 5.92 Å². The van der Waals surface area contributed by atoms with E-state index >= 15 is 0 Å². The van der Waals surface area contributed by atoms with Crippen LogP contribution in [0.25, 0.3) is 0 Å². The summed E-state index contributed by atoms with van der Waals surface area (Å²) in [7, 11) is 0. The van der Waals surface area contributed by atoms with E-state index in [2.05, 4.69) is 19.2 Å². The largest absolute Gasteiger partial charge is 0.393 e. The Balaban J connectivity index is 2.98. The van der Waals surface area contributed by atoms with Crippen molar-refractivity contribution in [1.82, 2.24) is 5.32 Å². The van der Waals surface area contributed by atoms with Gasteiger partial charge in [-0.15, -0.1) is 0 Å². The maximum Gasteiger partial charge on any atom is 0.0512 e. The van der Waals surface area contributed by atoms with E-state index in [0.717, 1.165) is 12.3 Å². The van der Waals surface area contributed by atoms with Gasteiger partial charge in [-0.05, 0) is 45.2 Å². The van der Waals surface area contributed by atoms with Gasteiger partial charge in [-0.2, -0.15) is 0 Å². The Kier molecular flexibility index (Phi) is 20.2. The van der Waals surface area contributed by atoms with Crippen LogP contribution in [0.2, 0.25) is 0 Å². The SMILES string of the molecule is CC(C)CCCCCCCCCNCCCCCCCCCC(C)O. The van der Waals surface area contributed by atoms with Crippen LogP contribution in [0, 0.1) is 5.92 Å². The van der Waals surface area contributed by atoms with Crippen molar-refractivity contribution in [1.29, 1.82) is 0 Å². The van der Waals surface area contributed by atoms with Crippen LogP contribution in [0.15, 0.2) is 0 Å². The van der Waals surface area contributed by atoms with E-state index in [4.69, 9.17) is 0 Å². The highest BCUT2D eigenvalue weighted by Crippen LogP contribution is 2.12. The first-order valence-corrected chi connectivity index (χ1v) is 11.5. The van der Waals surface area contributed by atoms with Gasteiger partial charge in [0.1, 0.15) is 0 Å². The third kappa shape index (κ3) is 23.9. The zero-order valence-electron chi connectivity index (χ0n) is 17.8. The van der Waals surface area contributed by atoms with Crippen LogP contribution >= 0.6 is 0 Å². The van der Waals surface area contributed by atoms with Crippen LogP contribution < -0.4 is 5.32 Å². The van der Waals surface area contributed by atoms with Gasteiger partial charge >= 0.3 is 0 Å². The van der Waals surface area contributed by atoms with E-state index in [9.17, 15) is 5.11 Å². The molecular weight excluding hydrogens is 306 g/mol. The molecule has 2 nitrogen and oxygen atoms in total. The number of aliphatic hydroxyl groups excluding tert-OH is 1. The van der Waals surface area contributed by atoms with Crippen molar-refractivity contribution >= 4 is 0 Å². The molecule has 0 heterocycles. The monoisotopic (exact) mass is 355 g/mol. The molecule has 2 heteroatoms. The molecule has 0 saturated carbocycles. The molecule has 0 rings (SSSR count). The first-order chi connectivity index (χ1) is 12.1. The Morgan fingerprint density at radius 1 is 0.520 bits per heavy atom. The number of hydrogen-bond donors (Lipinski definition) is 2. The molecule has 1 atom stereocenters. The van der Waals surface area contributed by atoms with Gasteiger partial charge in [-0.25, -0.2) is 0 Å². The molecule has 0 saturated heterocycles. The minimum Gasteiger partial charge on any atom is -0.393 e. The number of unbranched alkanes of at least 4 members (excludes halogenated alkanes) is 12. The molecule has 0 aromatic rings. The van der Waals surface area contributed by atoms with Gasteiger partial charge in [0.25, 0.3) is 0 Å². The number of nitrogens with one attached hydrogen (secondary N) is 1.